The molecule has 0 aromatic carbocycles. The Morgan fingerprint density at radius 2 is 2.05 bits per heavy atom. The number of hydrogen-bond acceptors (Lipinski definition) is 5. The van der Waals surface area contributed by atoms with Crippen molar-refractivity contribution in [2.45, 2.75) is 46.1 Å². The van der Waals surface area contributed by atoms with Crippen LogP contribution in [0.5, 0.6) is 0 Å². The van der Waals surface area contributed by atoms with E-state index < -0.39 is 5.97 Å². The fraction of sp³-hybridized carbons (Fsp3) is 0.714. The van der Waals surface area contributed by atoms with E-state index in [-0.39, 0.29) is 5.69 Å². The summed E-state index contributed by atoms with van der Waals surface area (Å²) in [5.74, 6) is 1.98. The molecule has 1 aromatic heterocycles. The van der Waals surface area contributed by atoms with Crippen molar-refractivity contribution in [3.05, 3.63) is 11.5 Å². The number of ether oxygens (including phenoxy) is 1. The molecule has 1 aromatic rings. The van der Waals surface area contributed by atoms with E-state index in [2.05, 4.69) is 11.2 Å². The maximum absolute atomic E-state index is 11.7. The molecule has 0 saturated heterocycles. The van der Waals surface area contributed by atoms with Gasteiger partial charge in [0.05, 0.1) is 6.61 Å². The van der Waals surface area contributed by atoms with Crippen molar-refractivity contribution in [1.29, 1.82) is 0 Å². The van der Waals surface area contributed by atoms with Crippen LogP contribution in [0.4, 0.5) is 5.82 Å². The van der Waals surface area contributed by atoms with Gasteiger partial charge in [0.15, 0.2) is 5.69 Å². The molecule has 114 valence electrons. The topological polar surface area (TPSA) is 70.1 Å². The summed E-state index contributed by atoms with van der Waals surface area (Å²) in [5, 5.41) is 0. The van der Waals surface area contributed by atoms with Crippen LogP contribution in [0.25, 0.3) is 0 Å². The molecule has 2 N–H and O–H groups in total. The van der Waals surface area contributed by atoms with Crippen molar-refractivity contribution in [1.82, 2.24) is 9.55 Å². The zero-order valence-electron chi connectivity index (χ0n) is 12.6. The number of hydrogen-bond donors (Lipinski definition) is 1. The van der Waals surface area contributed by atoms with Gasteiger partial charge in [-0.3, -0.25) is 0 Å². The number of nitrogens with zero attached hydrogens (tertiary/aromatic N) is 2. The van der Waals surface area contributed by atoms with Crippen LogP contribution in [0.2, 0.25) is 0 Å². The van der Waals surface area contributed by atoms with E-state index in [1.807, 2.05) is 23.3 Å². The number of carbonyl (C=O) groups is 1. The van der Waals surface area contributed by atoms with Crippen LogP contribution in [-0.2, 0) is 11.3 Å². The van der Waals surface area contributed by atoms with E-state index in [4.69, 9.17) is 10.5 Å². The van der Waals surface area contributed by atoms with E-state index in [0.29, 0.717) is 12.4 Å². The van der Waals surface area contributed by atoms with Gasteiger partial charge >= 0.3 is 5.97 Å². The molecular weight excluding hydrogens is 274 g/mol. The highest BCUT2D eigenvalue weighted by Gasteiger charge is 2.19. The third-order valence-corrected chi connectivity index (χ3v) is 3.84. The van der Waals surface area contributed by atoms with Crippen molar-refractivity contribution >= 4 is 23.5 Å². The summed E-state index contributed by atoms with van der Waals surface area (Å²) in [6, 6.07) is 0. The van der Waals surface area contributed by atoms with Crippen molar-refractivity contribution < 1.29 is 9.53 Å². The number of imidazole rings is 1. The Kier molecular flexibility index (Phi) is 7.51. The number of aromatic nitrogens is 2. The summed E-state index contributed by atoms with van der Waals surface area (Å²) in [5.41, 5.74) is 6.24. The van der Waals surface area contributed by atoms with Crippen LogP contribution in [0.15, 0.2) is 0 Å². The Morgan fingerprint density at radius 1 is 1.35 bits per heavy atom. The minimum atomic E-state index is -0.438. The molecular formula is C14H25N3O2S. The zero-order valence-corrected chi connectivity index (χ0v) is 13.5. The number of esters is 1. The van der Waals surface area contributed by atoms with Crippen molar-refractivity contribution in [3.63, 3.8) is 0 Å². The summed E-state index contributed by atoms with van der Waals surface area (Å²) in [4.78, 5) is 15.9. The Bertz CT molecular complexity index is 432. The summed E-state index contributed by atoms with van der Waals surface area (Å²) < 4.78 is 6.85. The van der Waals surface area contributed by atoms with Gasteiger partial charge in [0.1, 0.15) is 11.6 Å². The fourth-order valence-electron chi connectivity index (χ4n) is 2.08. The van der Waals surface area contributed by atoms with E-state index >= 15 is 0 Å². The van der Waals surface area contributed by atoms with Crippen molar-refractivity contribution in [3.8, 4) is 0 Å². The van der Waals surface area contributed by atoms with Crippen LogP contribution in [0, 0.1) is 6.92 Å². The molecule has 0 radical (unpaired) electrons. The minimum Gasteiger partial charge on any atom is -0.461 e. The van der Waals surface area contributed by atoms with Crippen LogP contribution < -0.4 is 5.73 Å². The van der Waals surface area contributed by atoms with Crippen LogP contribution in [0.1, 0.15) is 48.9 Å². The lowest BCUT2D eigenvalue weighted by Crippen LogP contribution is -2.10. The van der Waals surface area contributed by atoms with E-state index in [1.165, 1.54) is 25.0 Å². The number of unbranched alkanes of at least 4 members (excludes halogenated alkanes) is 3. The average molecular weight is 299 g/mol. The van der Waals surface area contributed by atoms with Gasteiger partial charge in [-0.05, 0) is 38.7 Å². The van der Waals surface area contributed by atoms with E-state index in [9.17, 15) is 4.79 Å². The summed E-state index contributed by atoms with van der Waals surface area (Å²) >= 11 is 1.89. The quantitative estimate of drug-likeness (QED) is 0.561. The molecule has 0 aliphatic rings. The Balaban J connectivity index is 2.52. The summed E-state index contributed by atoms with van der Waals surface area (Å²) in [7, 11) is 0. The lowest BCUT2D eigenvalue weighted by molar-refractivity contribution is 0.0521. The summed E-state index contributed by atoms with van der Waals surface area (Å²) in [6.07, 6.45) is 6.85. The highest BCUT2D eigenvalue weighted by atomic mass is 32.2. The third kappa shape index (κ3) is 4.74. The smallest absolute Gasteiger partial charge is 0.360 e. The van der Waals surface area contributed by atoms with Crippen molar-refractivity contribution in [2.24, 2.45) is 0 Å². The lowest BCUT2D eigenvalue weighted by Gasteiger charge is -2.07. The Morgan fingerprint density at radius 3 is 2.70 bits per heavy atom. The molecule has 0 aliphatic carbocycles. The number of nitrogen functional groups attached to an aromatic ring is 1. The van der Waals surface area contributed by atoms with E-state index in [0.717, 1.165) is 18.8 Å². The largest absolute Gasteiger partial charge is 0.461 e. The molecule has 6 heteroatoms. The monoisotopic (exact) mass is 299 g/mol. The van der Waals surface area contributed by atoms with Gasteiger partial charge in [-0.25, -0.2) is 9.78 Å². The SMILES string of the molecule is CCOC(=O)c1nc(C)n(CCCCCCSC)c1N. The molecule has 0 fully saturated rings. The highest BCUT2D eigenvalue weighted by molar-refractivity contribution is 7.98. The molecule has 0 spiro atoms. The molecule has 0 amide bonds. The first-order valence-electron chi connectivity index (χ1n) is 7.10. The van der Waals surface area contributed by atoms with Gasteiger partial charge in [-0.15, -0.1) is 0 Å². The molecule has 0 saturated carbocycles. The number of nitrogens with two attached hydrogens (primary N) is 1. The first kappa shape index (κ1) is 16.9. The molecule has 0 atom stereocenters. The second kappa shape index (κ2) is 8.89. The van der Waals surface area contributed by atoms with E-state index in [1.54, 1.807) is 6.92 Å². The standard InChI is InChI=1S/C14H25N3O2S/c1-4-19-14(18)12-13(15)17(11(2)16-12)9-7-5-6-8-10-20-3/h4-10,15H2,1-3H3. The Hall–Kier alpha value is -1.17. The van der Waals surface area contributed by atoms with Crippen LogP contribution >= 0.6 is 11.8 Å². The first-order chi connectivity index (χ1) is 9.61. The maximum atomic E-state index is 11.7. The molecule has 1 heterocycles. The molecule has 20 heavy (non-hydrogen) atoms. The van der Waals surface area contributed by atoms with Crippen LogP contribution in [0.3, 0.4) is 0 Å². The number of rotatable bonds is 9. The van der Waals surface area contributed by atoms with Gasteiger partial charge in [-0.1, -0.05) is 12.8 Å². The van der Waals surface area contributed by atoms with Gasteiger partial charge in [0.25, 0.3) is 0 Å². The summed E-state index contributed by atoms with van der Waals surface area (Å²) in [6.45, 7) is 4.78. The maximum Gasteiger partial charge on any atom is 0.360 e. The molecule has 0 bridgehead atoms. The number of anilines is 1. The zero-order chi connectivity index (χ0) is 15.0. The average Bonchev–Trinajstić information content (AvgIpc) is 2.70. The second-order valence-corrected chi connectivity index (χ2v) is 5.66. The molecule has 5 nitrogen and oxygen atoms in total. The van der Waals surface area contributed by atoms with Crippen molar-refractivity contribution in [2.75, 3.05) is 24.3 Å². The molecule has 0 unspecified atom stereocenters. The van der Waals surface area contributed by atoms with Gasteiger partial charge in [0, 0.05) is 6.54 Å². The predicted molar refractivity (Wildman–Crippen MR) is 84.2 cm³/mol. The third-order valence-electron chi connectivity index (χ3n) is 3.15. The normalized spacial score (nSPS) is 10.8. The van der Waals surface area contributed by atoms with Gasteiger partial charge < -0.3 is 15.0 Å². The van der Waals surface area contributed by atoms with Crippen LogP contribution in [-0.4, -0.2) is 34.1 Å². The number of aryl methyl sites for hydroxylation is 1. The number of thioether (sulfide) groups is 1. The fourth-order valence-corrected chi connectivity index (χ4v) is 2.58. The molecule has 1 rings (SSSR count). The Labute approximate surface area is 125 Å². The minimum absolute atomic E-state index is 0.242. The van der Waals surface area contributed by atoms with Gasteiger partial charge in [0.2, 0.25) is 0 Å². The lowest BCUT2D eigenvalue weighted by atomic mass is 10.2. The first-order valence-corrected chi connectivity index (χ1v) is 8.49. The van der Waals surface area contributed by atoms with Gasteiger partial charge in [-0.2, -0.15) is 11.8 Å². The molecule has 0 aliphatic heterocycles. The highest BCUT2D eigenvalue weighted by Crippen LogP contribution is 2.17. The second-order valence-electron chi connectivity index (χ2n) is 4.67. The number of carbonyl (C=O) groups excluding carboxylic acids is 1. The predicted octanol–water partition coefficient (Wildman–Crippen LogP) is 2.87.